The Morgan fingerprint density at radius 3 is 2.67 bits per heavy atom. The van der Waals surface area contributed by atoms with Gasteiger partial charge in [0, 0.05) is 31.9 Å². The van der Waals surface area contributed by atoms with Crippen molar-refractivity contribution < 1.29 is 5.11 Å². The van der Waals surface area contributed by atoms with E-state index in [2.05, 4.69) is 27.3 Å². The quantitative estimate of drug-likeness (QED) is 0.814. The maximum Gasteiger partial charge on any atom is 0.128 e. The molecule has 3 heterocycles. The molecule has 96 valence electrons. The molecular weight excluding hydrogens is 226 g/mol. The second kappa shape index (κ2) is 3.93. The van der Waals surface area contributed by atoms with E-state index >= 15 is 0 Å². The highest BCUT2D eigenvalue weighted by Gasteiger charge is 2.45. The second-order valence-corrected chi connectivity index (χ2v) is 5.96. The van der Waals surface area contributed by atoms with Gasteiger partial charge in [0.15, 0.2) is 0 Å². The van der Waals surface area contributed by atoms with E-state index in [4.69, 9.17) is 0 Å². The number of nitrogens with zero attached hydrogens (tertiary/aromatic N) is 2. The van der Waals surface area contributed by atoms with Gasteiger partial charge >= 0.3 is 0 Å². The van der Waals surface area contributed by atoms with Crippen LogP contribution in [0.4, 0.5) is 5.82 Å². The lowest BCUT2D eigenvalue weighted by Gasteiger charge is -2.19. The van der Waals surface area contributed by atoms with E-state index in [9.17, 15) is 5.11 Å². The molecule has 3 aliphatic rings. The molecule has 0 radical (unpaired) electrons. The van der Waals surface area contributed by atoms with Crippen molar-refractivity contribution in [2.75, 3.05) is 24.5 Å². The topological polar surface area (TPSA) is 48.4 Å². The molecule has 4 heteroatoms. The number of aliphatic hydroxyl groups is 1. The summed E-state index contributed by atoms with van der Waals surface area (Å²) < 4.78 is 0. The summed E-state index contributed by atoms with van der Waals surface area (Å²) in [6.45, 7) is 3.08. The molecule has 0 amide bonds. The molecule has 4 rings (SSSR count). The Hall–Kier alpha value is -1.13. The van der Waals surface area contributed by atoms with Crippen LogP contribution in [0.1, 0.15) is 24.4 Å². The third-order valence-corrected chi connectivity index (χ3v) is 4.58. The fourth-order valence-corrected chi connectivity index (χ4v) is 3.35. The molecule has 18 heavy (non-hydrogen) atoms. The van der Waals surface area contributed by atoms with Crippen molar-refractivity contribution in [2.24, 2.45) is 11.8 Å². The van der Waals surface area contributed by atoms with Gasteiger partial charge in [-0.3, -0.25) is 0 Å². The maximum atomic E-state index is 9.53. The smallest absolute Gasteiger partial charge is 0.128 e. The summed E-state index contributed by atoms with van der Waals surface area (Å²) in [7, 11) is 0. The number of anilines is 1. The largest absolute Gasteiger partial charge is 0.392 e. The van der Waals surface area contributed by atoms with Gasteiger partial charge in [-0.05, 0) is 36.3 Å². The summed E-state index contributed by atoms with van der Waals surface area (Å²) in [5, 5.41) is 12.9. The lowest BCUT2D eigenvalue weighted by molar-refractivity contribution is 0.193. The maximum absolute atomic E-state index is 9.53. The van der Waals surface area contributed by atoms with Crippen molar-refractivity contribution in [1.82, 2.24) is 10.3 Å². The number of nitrogens with one attached hydrogen (secondary N) is 1. The van der Waals surface area contributed by atoms with E-state index in [-0.39, 0.29) is 12.1 Å². The predicted molar refractivity (Wildman–Crippen MR) is 69.4 cm³/mol. The average Bonchev–Trinajstić information content (AvgIpc) is 2.82. The number of hydrogen-bond acceptors (Lipinski definition) is 4. The summed E-state index contributed by atoms with van der Waals surface area (Å²) >= 11 is 0. The fraction of sp³-hybridized carbons (Fsp3) is 0.643. The lowest BCUT2D eigenvalue weighted by Crippen LogP contribution is -2.23. The van der Waals surface area contributed by atoms with Gasteiger partial charge in [0.05, 0.1) is 6.10 Å². The van der Waals surface area contributed by atoms with Gasteiger partial charge in [0.25, 0.3) is 0 Å². The van der Waals surface area contributed by atoms with Gasteiger partial charge in [-0.25, -0.2) is 4.98 Å². The first-order valence-electron chi connectivity index (χ1n) is 6.92. The fourth-order valence-electron chi connectivity index (χ4n) is 3.35. The van der Waals surface area contributed by atoms with Crippen LogP contribution >= 0.6 is 0 Å². The average molecular weight is 245 g/mol. The highest BCUT2D eigenvalue weighted by atomic mass is 16.3. The molecule has 2 saturated heterocycles. The summed E-state index contributed by atoms with van der Waals surface area (Å²) in [5.74, 6) is 3.00. The zero-order valence-electron chi connectivity index (χ0n) is 10.4. The van der Waals surface area contributed by atoms with Crippen molar-refractivity contribution in [3.63, 3.8) is 0 Å². The zero-order chi connectivity index (χ0) is 12.1. The molecule has 2 N–H and O–H groups in total. The van der Waals surface area contributed by atoms with E-state index in [1.807, 2.05) is 6.20 Å². The molecule has 2 aliphatic heterocycles. The third kappa shape index (κ3) is 1.80. The highest BCUT2D eigenvalue weighted by molar-refractivity contribution is 5.42. The van der Waals surface area contributed by atoms with Crippen LogP contribution in [0.15, 0.2) is 18.3 Å². The number of rotatable bonds is 2. The number of aromatic nitrogens is 1. The summed E-state index contributed by atoms with van der Waals surface area (Å²) in [6.07, 6.45) is 3.99. The van der Waals surface area contributed by atoms with Gasteiger partial charge in [-0.15, -0.1) is 0 Å². The van der Waals surface area contributed by atoms with Crippen molar-refractivity contribution >= 4 is 5.82 Å². The number of hydrogen-bond donors (Lipinski definition) is 2. The van der Waals surface area contributed by atoms with Gasteiger partial charge < -0.3 is 15.3 Å². The Balaban J connectivity index is 1.47. The zero-order valence-corrected chi connectivity index (χ0v) is 10.4. The predicted octanol–water partition coefficient (Wildman–Crippen LogP) is 0.933. The number of aliphatic hydroxyl groups excluding tert-OH is 1. The molecule has 1 aromatic rings. The Morgan fingerprint density at radius 1 is 1.22 bits per heavy atom. The molecule has 0 bridgehead atoms. The molecule has 1 saturated carbocycles. The second-order valence-electron chi connectivity index (χ2n) is 5.96. The van der Waals surface area contributed by atoms with Gasteiger partial charge in [-0.2, -0.15) is 0 Å². The molecule has 4 atom stereocenters. The van der Waals surface area contributed by atoms with Crippen LogP contribution in [0.2, 0.25) is 0 Å². The summed E-state index contributed by atoms with van der Waals surface area (Å²) in [5.41, 5.74) is 1.19. The molecule has 3 unspecified atom stereocenters. The minimum Gasteiger partial charge on any atom is -0.392 e. The van der Waals surface area contributed by atoms with Crippen molar-refractivity contribution in [1.29, 1.82) is 0 Å². The van der Waals surface area contributed by atoms with Crippen LogP contribution in [0.25, 0.3) is 0 Å². The van der Waals surface area contributed by atoms with Crippen LogP contribution in [-0.2, 0) is 0 Å². The minimum atomic E-state index is -0.208. The molecule has 4 nitrogen and oxygen atoms in total. The Kier molecular flexibility index (Phi) is 2.35. The minimum absolute atomic E-state index is 0.208. The van der Waals surface area contributed by atoms with Crippen LogP contribution in [0, 0.1) is 11.8 Å². The molecule has 3 fully saturated rings. The van der Waals surface area contributed by atoms with Crippen LogP contribution in [-0.4, -0.2) is 35.8 Å². The van der Waals surface area contributed by atoms with E-state index in [1.54, 1.807) is 0 Å². The first kappa shape index (κ1) is 10.8. The van der Waals surface area contributed by atoms with Crippen LogP contribution < -0.4 is 10.2 Å². The lowest BCUT2D eigenvalue weighted by atomic mass is 10.1. The van der Waals surface area contributed by atoms with Gasteiger partial charge in [0.1, 0.15) is 5.82 Å². The monoisotopic (exact) mass is 245 g/mol. The van der Waals surface area contributed by atoms with E-state index in [0.717, 1.165) is 24.1 Å². The SMILES string of the molecule is O[C@@H]1CNC(c2ccc(N3CC4CC4C3)nc2)C1. The molecule has 0 spiro atoms. The van der Waals surface area contributed by atoms with Crippen molar-refractivity contribution in [3.8, 4) is 0 Å². The van der Waals surface area contributed by atoms with Crippen LogP contribution in [0.3, 0.4) is 0 Å². The molecular formula is C14H19N3O. The van der Waals surface area contributed by atoms with E-state index < -0.39 is 0 Å². The Labute approximate surface area is 107 Å². The normalized spacial score (nSPS) is 37.9. The number of β-amino-alcohol motifs (C(OH)–C–C–N with tert-alkyl or cyclic N) is 1. The standard InChI is InChI=1S/C14H19N3O/c18-12-4-13(15-6-12)9-1-2-14(16-5-9)17-7-10-3-11(10)8-17/h1-2,5,10-13,15,18H,3-4,6-8H2/t10?,11?,12-,13?/m0/s1. The number of pyridine rings is 1. The Morgan fingerprint density at radius 2 is 2.06 bits per heavy atom. The van der Waals surface area contributed by atoms with Gasteiger partial charge in [-0.1, -0.05) is 6.07 Å². The molecule has 0 aromatic carbocycles. The highest BCUT2D eigenvalue weighted by Crippen LogP contribution is 2.45. The molecule has 1 aliphatic carbocycles. The summed E-state index contributed by atoms with van der Waals surface area (Å²) in [6, 6.07) is 4.56. The van der Waals surface area contributed by atoms with E-state index in [1.165, 1.54) is 25.1 Å². The first-order chi connectivity index (χ1) is 8.79. The first-order valence-corrected chi connectivity index (χ1v) is 6.92. The number of piperidine rings is 1. The summed E-state index contributed by atoms with van der Waals surface area (Å²) in [4.78, 5) is 6.99. The third-order valence-electron chi connectivity index (χ3n) is 4.58. The van der Waals surface area contributed by atoms with Crippen molar-refractivity contribution in [2.45, 2.75) is 25.0 Å². The molecule has 1 aromatic heterocycles. The van der Waals surface area contributed by atoms with Gasteiger partial charge in [0.2, 0.25) is 0 Å². The van der Waals surface area contributed by atoms with Crippen LogP contribution in [0.5, 0.6) is 0 Å². The Bertz CT molecular complexity index is 410. The van der Waals surface area contributed by atoms with E-state index in [0.29, 0.717) is 6.54 Å². The van der Waals surface area contributed by atoms with Crippen molar-refractivity contribution in [3.05, 3.63) is 23.9 Å². The number of fused-ring (bicyclic) bond motifs is 1.